The van der Waals surface area contributed by atoms with Crippen molar-refractivity contribution in [2.45, 2.75) is 164 Å². The van der Waals surface area contributed by atoms with Gasteiger partial charge >= 0.3 is 0 Å². The molecule has 0 heterocycles. The molecule has 0 radical (unpaired) electrons. The van der Waals surface area contributed by atoms with E-state index < -0.39 is 0 Å². The van der Waals surface area contributed by atoms with Gasteiger partial charge in [0.15, 0.2) is 11.4 Å². The van der Waals surface area contributed by atoms with Gasteiger partial charge < -0.3 is 0 Å². The first kappa shape index (κ1) is 63.3. The number of aryl methyl sites for hydroxylation is 1. The predicted octanol–water partition coefficient (Wildman–Crippen LogP) is 20.9. The van der Waals surface area contributed by atoms with Crippen LogP contribution < -0.4 is 0 Å². The Hall–Kier alpha value is -5.70. The summed E-state index contributed by atoms with van der Waals surface area (Å²) >= 11 is 11.4. The van der Waals surface area contributed by atoms with E-state index in [0.717, 1.165) is 10.6 Å². The fourth-order valence-corrected chi connectivity index (χ4v) is 6.67. The Kier molecular flexibility index (Phi) is 24.3. The van der Waals surface area contributed by atoms with E-state index in [1.165, 1.54) is 39.9 Å². The maximum atomic E-state index is 13.4. The predicted molar refractivity (Wildman–Crippen MR) is 306 cm³/mol. The van der Waals surface area contributed by atoms with Crippen LogP contribution in [0.2, 0.25) is 10.0 Å². The summed E-state index contributed by atoms with van der Waals surface area (Å²) in [4.78, 5) is 6.51. The highest BCUT2D eigenvalue weighted by Gasteiger charge is 2.20. The van der Waals surface area contributed by atoms with Gasteiger partial charge in [0.25, 0.3) is 0 Å². The molecule has 2 nitrogen and oxygen atoms in total. The summed E-state index contributed by atoms with van der Waals surface area (Å²) in [6.07, 6.45) is 5.26. The number of rotatable bonds is 0. The third kappa shape index (κ3) is 23.8. The van der Waals surface area contributed by atoms with Crippen molar-refractivity contribution < 1.29 is 8.78 Å². The van der Waals surface area contributed by atoms with Gasteiger partial charge in [-0.3, -0.25) is 0 Å². The van der Waals surface area contributed by atoms with E-state index >= 15 is 0 Å². The second-order valence-corrected chi connectivity index (χ2v) is 24.5. The van der Waals surface area contributed by atoms with Crippen LogP contribution in [0.1, 0.15) is 169 Å². The lowest BCUT2D eigenvalue weighted by molar-refractivity contribution is 0.522. The van der Waals surface area contributed by atoms with Crippen molar-refractivity contribution in [3.05, 3.63) is 222 Å². The SMILES string of the molecule is C#Cc1ccc(C(C)(C)C)cc1.CC(C)(C)c1ccc(Cl)cc1.CC(C)(C)c1ccc(Cl)cc1F.Cc1ccc(C(C)(C)C)cc1.[C-]#[N+]c1ccc(C(C)(C)C)c(F)c1.[C-]#[N+]c1ccc(C(C)(C)C)cc1. The lowest BCUT2D eigenvalue weighted by atomic mass is 9.86. The molecule has 0 saturated carbocycles. The van der Waals surface area contributed by atoms with Crippen LogP contribution in [-0.2, 0) is 32.5 Å². The van der Waals surface area contributed by atoms with Crippen molar-refractivity contribution in [1.29, 1.82) is 0 Å². The summed E-state index contributed by atoms with van der Waals surface area (Å²) in [5.74, 6) is 2.09. The summed E-state index contributed by atoms with van der Waals surface area (Å²) in [6.45, 7) is 53.7. The summed E-state index contributed by atoms with van der Waals surface area (Å²) in [5.41, 5.74) is 10.6. The normalized spacial score (nSPS) is 11.3. The van der Waals surface area contributed by atoms with Crippen LogP contribution >= 0.6 is 23.2 Å². The van der Waals surface area contributed by atoms with E-state index in [1.807, 2.05) is 90.1 Å². The summed E-state index contributed by atoms with van der Waals surface area (Å²) in [5, 5.41) is 1.25. The van der Waals surface area contributed by atoms with Crippen LogP contribution in [-0.4, -0.2) is 0 Å². The molecule has 0 aliphatic carbocycles. The number of benzene rings is 6. The third-order valence-corrected chi connectivity index (χ3v) is 11.5. The molecule has 0 amide bonds. The van der Waals surface area contributed by atoms with E-state index in [9.17, 15) is 8.78 Å². The van der Waals surface area contributed by atoms with Crippen LogP contribution in [0.15, 0.2) is 133 Å². The Bertz CT molecular complexity index is 2550. The Morgan fingerprint density at radius 1 is 0.394 bits per heavy atom. The van der Waals surface area contributed by atoms with Crippen molar-refractivity contribution in [3.8, 4) is 12.3 Å². The Morgan fingerprint density at radius 3 is 1.00 bits per heavy atom. The van der Waals surface area contributed by atoms with Gasteiger partial charge in [-0.05, 0) is 115 Å². The topological polar surface area (TPSA) is 8.72 Å². The molecule has 6 aromatic carbocycles. The summed E-state index contributed by atoms with van der Waals surface area (Å²) < 4.78 is 26.7. The van der Waals surface area contributed by atoms with Crippen LogP contribution in [0.5, 0.6) is 0 Å². The molecule has 0 saturated heterocycles. The number of halogens is 4. The second kappa shape index (κ2) is 27.2. The minimum absolute atomic E-state index is 0.158. The molecule has 6 aromatic rings. The standard InChI is InChI=1S/C12H14.C11H12FN.C11H13N.C11H16.C10H12ClF.C10H13Cl/c1-5-10-6-8-11(9-7-10)12(2,3)4;1-11(2,3)9-6-5-8(13-4)7-10(9)12;1-11(2,3)9-5-7-10(12-4)8-6-9;1-9-5-7-10(8-6-9)11(2,3)4;1-10(2,3)8-5-4-7(11)6-9(8)12;1-10(2,3)8-4-6-9(11)7-5-8/h1,6-9H,2-4H3;5-7H,1-3H3;5-8H,1-3H3;5-8H,1-4H3;4-6H,1-3H3;4-7H,1-3H3. The molecule has 0 aliphatic rings. The van der Waals surface area contributed by atoms with Crippen LogP contribution in [0, 0.1) is 44.0 Å². The monoisotopic (exact) mass is 997 g/mol. The zero-order valence-electron chi connectivity index (χ0n) is 46.2. The van der Waals surface area contributed by atoms with Gasteiger partial charge in [-0.2, -0.15) is 0 Å². The highest BCUT2D eigenvalue weighted by atomic mass is 35.5. The molecule has 0 N–H and O–H groups in total. The van der Waals surface area contributed by atoms with Gasteiger partial charge in [0.1, 0.15) is 11.6 Å². The van der Waals surface area contributed by atoms with E-state index in [-0.39, 0.29) is 44.1 Å². The van der Waals surface area contributed by atoms with Gasteiger partial charge in [-0.25, -0.2) is 18.5 Å². The van der Waals surface area contributed by atoms with Crippen molar-refractivity contribution in [2.24, 2.45) is 0 Å². The smallest absolute Gasteiger partial charge is 0.190 e. The fraction of sp³-hybridized carbons (Fsp3) is 0.385. The molecule has 6 heteroatoms. The van der Waals surface area contributed by atoms with Gasteiger partial charge in [0.05, 0.1) is 13.1 Å². The lowest BCUT2D eigenvalue weighted by Gasteiger charge is -2.19. The molecule has 71 heavy (non-hydrogen) atoms. The zero-order valence-corrected chi connectivity index (χ0v) is 47.7. The summed E-state index contributed by atoms with van der Waals surface area (Å²) in [7, 11) is 0. The average molecular weight is 998 g/mol. The van der Waals surface area contributed by atoms with Crippen molar-refractivity contribution in [2.75, 3.05) is 0 Å². The fourth-order valence-electron chi connectivity index (χ4n) is 6.39. The Morgan fingerprint density at radius 2 is 0.690 bits per heavy atom. The first-order valence-electron chi connectivity index (χ1n) is 24.0. The number of nitrogens with zero attached hydrogens (tertiary/aromatic N) is 2. The van der Waals surface area contributed by atoms with Crippen molar-refractivity contribution in [1.82, 2.24) is 0 Å². The minimum Gasteiger partial charge on any atom is -0.238 e. The van der Waals surface area contributed by atoms with Crippen LogP contribution in [0.4, 0.5) is 20.2 Å². The molecule has 6 rings (SSSR count). The zero-order chi connectivity index (χ0) is 54.8. The summed E-state index contributed by atoms with van der Waals surface area (Å²) in [6, 6.07) is 42.1. The highest BCUT2D eigenvalue weighted by molar-refractivity contribution is 6.30. The molecule has 0 fully saturated rings. The third-order valence-electron chi connectivity index (χ3n) is 11.0. The quantitative estimate of drug-likeness (QED) is 0.106. The van der Waals surface area contributed by atoms with E-state index in [0.29, 0.717) is 27.5 Å². The molecule has 378 valence electrons. The molecule has 0 atom stereocenters. The van der Waals surface area contributed by atoms with E-state index in [4.69, 9.17) is 42.8 Å². The van der Waals surface area contributed by atoms with Gasteiger partial charge in [0.2, 0.25) is 0 Å². The number of hydrogen-bond donors (Lipinski definition) is 0. The first-order chi connectivity index (χ1) is 32.4. The second-order valence-electron chi connectivity index (χ2n) is 23.7. The first-order valence-corrected chi connectivity index (χ1v) is 24.7. The van der Waals surface area contributed by atoms with Gasteiger partial charge in [-0.1, -0.05) is 250 Å². The largest absolute Gasteiger partial charge is 0.238 e. The number of hydrogen-bond acceptors (Lipinski definition) is 0. The van der Waals surface area contributed by atoms with Crippen molar-refractivity contribution in [3.63, 3.8) is 0 Å². The average Bonchev–Trinajstić information content (AvgIpc) is 3.25. The van der Waals surface area contributed by atoms with E-state index in [2.05, 4.69) is 154 Å². The molecule has 0 aliphatic heterocycles. The van der Waals surface area contributed by atoms with Crippen molar-refractivity contribution >= 4 is 34.6 Å². The maximum Gasteiger partial charge on any atom is 0.190 e. The molecule has 0 spiro atoms. The Labute approximate surface area is 439 Å². The molecule has 0 unspecified atom stereocenters. The van der Waals surface area contributed by atoms with Gasteiger partial charge in [-0.15, -0.1) is 6.42 Å². The van der Waals surface area contributed by atoms with Crippen LogP contribution in [0.25, 0.3) is 9.69 Å². The minimum atomic E-state index is -0.291. The Balaban J connectivity index is 0.000000426. The molecule has 0 bridgehead atoms. The van der Waals surface area contributed by atoms with Crippen LogP contribution in [0.3, 0.4) is 0 Å². The molecular formula is C65H80Cl2F2N2. The van der Waals surface area contributed by atoms with Gasteiger partial charge in [0, 0.05) is 15.6 Å². The maximum absolute atomic E-state index is 13.4. The molecular weight excluding hydrogens is 918 g/mol. The van der Waals surface area contributed by atoms with E-state index in [1.54, 1.807) is 24.3 Å². The lowest BCUT2D eigenvalue weighted by Crippen LogP contribution is -2.13. The molecule has 0 aromatic heterocycles. The number of terminal acetylenes is 1. The highest BCUT2D eigenvalue weighted by Crippen LogP contribution is 2.30.